The zero-order valence-corrected chi connectivity index (χ0v) is 12.6. The van der Waals surface area contributed by atoms with Crippen molar-refractivity contribution >= 4 is 0 Å². The van der Waals surface area contributed by atoms with Gasteiger partial charge in [0.25, 0.3) is 0 Å². The molecule has 3 N–H and O–H groups in total. The molecule has 1 aliphatic rings. The number of aryl methyl sites for hydroxylation is 3. The molecule has 2 unspecified atom stereocenters. The van der Waals surface area contributed by atoms with Gasteiger partial charge >= 0.3 is 0 Å². The van der Waals surface area contributed by atoms with Gasteiger partial charge in [0.05, 0.1) is 0 Å². The molecule has 0 bridgehead atoms. The highest BCUT2D eigenvalue weighted by Gasteiger charge is 2.20. The molecule has 1 aromatic carbocycles. The van der Waals surface area contributed by atoms with Crippen LogP contribution in [0.5, 0.6) is 0 Å². The molecule has 2 heteroatoms. The molecule has 2 nitrogen and oxygen atoms in total. The Morgan fingerprint density at radius 3 is 2.37 bits per heavy atom. The number of hydrogen-bond donors (Lipinski definition) is 2. The van der Waals surface area contributed by atoms with Gasteiger partial charge in [0, 0.05) is 12.1 Å². The maximum Gasteiger partial charge on any atom is 0.0219 e. The van der Waals surface area contributed by atoms with E-state index in [0.717, 1.165) is 13.0 Å². The van der Waals surface area contributed by atoms with Crippen LogP contribution in [0.25, 0.3) is 0 Å². The van der Waals surface area contributed by atoms with Gasteiger partial charge in [-0.3, -0.25) is 0 Å². The van der Waals surface area contributed by atoms with E-state index in [1.807, 2.05) is 0 Å². The molecule has 0 aromatic heterocycles. The molecule has 2 rings (SSSR count). The normalized spacial score (nSPS) is 23.6. The first-order chi connectivity index (χ1) is 9.08. The van der Waals surface area contributed by atoms with Crippen molar-refractivity contribution in [2.75, 3.05) is 6.54 Å². The second-order valence-electron chi connectivity index (χ2n) is 6.14. The van der Waals surface area contributed by atoms with E-state index in [4.69, 9.17) is 5.73 Å². The molecular weight excluding hydrogens is 232 g/mol. The maximum atomic E-state index is 6.18. The molecule has 0 heterocycles. The highest BCUT2D eigenvalue weighted by Crippen LogP contribution is 2.18. The van der Waals surface area contributed by atoms with Gasteiger partial charge in [0.2, 0.25) is 0 Å². The van der Waals surface area contributed by atoms with Crippen LogP contribution < -0.4 is 11.1 Å². The third-order valence-electron chi connectivity index (χ3n) is 4.44. The van der Waals surface area contributed by atoms with E-state index in [2.05, 4.69) is 38.2 Å². The van der Waals surface area contributed by atoms with Crippen LogP contribution in [-0.4, -0.2) is 18.6 Å². The van der Waals surface area contributed by atoms with Crippen molar-refractivity contribution < 1.29 is 0 Å². The summed E-state index contributed by atoms with van der Waals surface area (Å²) in [5, 5.41) is 3.66. The Labute approximate surface area is 117 Å². The Morgan fingerprint density at radius 1 is 1.11 bits per heavy atom. The predicted molar refractivity (Wildman–Crippen MR) is 82.6 cm³/mol. The summed E-state index contributed by atoms with van der Waals surface area (Å²) in [6.07, 6.45) is 6.16. The fourth-order valence-corrected chi connectivity index (χ4v) is 3.40. The molecule has 1 aliphatic carbocycles. The van der Waals surface area contributed by atoms with Crippen molar-refractivity contribution in [2.24, 2.45) is 5.73 Å². The highest BCUT2D eigenvalue weighted by atomic mass is 15.0. The molecule has 1 saturated carbocycles. The Morgan fingerprint density at radius 2 is 1.74 bits per heavy atom. The van der Waals surface area contributed by atoms with Gasteiger partial charge in [0.15, 0.2) is 0 Å². The standard InChI is InChI=1S/C17H28N2/c1-12-10-13(2)15(14(3)11-12)8-9-19-17-7-5-4-6-16(17)18/h10-11,16-17,19H,4-9,18H2,1-3H3. The highest BCUT2D eigenvalue weighted by molar-refractivity contribution is 5.37. The van der Waals surface area contributed by atoms with Gasteiger partial charge in [-0.05, 0) is 63.3 Å². The number of nitrogens with one attached hydrogen (secondary N) is 1. The Kier molecular flexibility index (Phi) is 5.00. The molecule has 19 heavy (non-hydrogen) atoms. The van der Waals surface area contributed by atoms with E-state index in [-0.39, 0.29) is 0 Å². The summed E-state index contributed by atoms with van der Waals surface area (Å²) in [6.45, 7) is 7.66. The molecule has 2 atom stereocenters. The minimum absolute atomic E-state index is 0.356. The van der Waals surface area contributed by atoms with Crippen molar-refractivity contribution in [3.05, 3.63) is 34.4 Å². The summed E-state index contributed by atoms with van der Waals surface area (Å²) < 4.78 is 0. The third kappa shape index (κ3) is 3.80. The molecule has 1 fully saturated rings. The fraction of sp³-hybridized carbons (Fsp3) is 0.647. The van der Waals surface area contributed by atoms with Gasteiger partial charge in [-0.15, -0.1) is 0 Å². The van der Waals surface area contributed by atoms with Gasteiger partial charge in [0.1, 0.15) is 0 Å². The number of hydrogen-bond acceptors (Lipinski definition) is 2. The topological polar surface area (TPSA) is 38.0 Å². The van der Waals surface area contributed by atoms with Crippen molar-refractivity contribution in [1.82, 2.24) is 5.32 Å². The van der Waals surface area contributed by atoms with Crippen molar-refractivity contribution in [1.29, 1.82) is 0 Å². The monoisotopic (exact) mass is 260 g/mol. The van der Waals surface area contributed by atoms with Crippen molar-refractivity contribution in [3.8, 4) is 0 Å². The van der Waals surface area contributed by atoms with Crippen LogP contribution in [0.3, 0.4) is 0 Å². The van der Waals surface area contributed by atoms with Gasteiger partial charge < -0.3 is 11.1 Å². The van der Waals surface area contributed by atoms with Crippen LogP contribution in [0, 0.1) is 20.8 Å². The zero-order chi connectivity index (χ0) is 13.8. The lowest BCUT2D eigenvalue weighted by Crippen LogP contribution is -2.47. The zero-order valence-electron chi connectivity index (χ0n) is 12.6. The van der Waals surface area contributed by atoms with E-state index in [0.29, 0.717) is 12.1 Å². The fourth-order valence-electron chi connectivity index (χ4n) is 3.40. The van der Waals surface area contributed by atoms with E-state index in [1.54, 1.807) is 0 Å². The Hall–Kier alpha value is -0.860. The third-order valence-corrected chi connectivity index (χ3v) is 4.44. The van der Waals surface area contributed by atoms with E-state index in [9.17, 15) is 0 Å². The second-order valence-corrected chi connectivity index (χ2v) is 6.14. The van der Waals surface area contributed by atoms with Crippen molar-refractivity contribution in [2.45, 2.75) is 65.0 Å². The Bertz CT molecular complexity index is 402. The molecule has 1 aromatic rings. The Balaban J connectivity index is 1.89. The SMILES string of the molecule is Cc1cc(C)c(CCNC2CCCCC2N)c(C)c1. The largest absolute Gasteiger partial charge is 0.326 e. The molecule has 0 radical (unpaired) electrons. The number of benzene rings is 1. The lowest BCUT2D eigenvalue weighted by molar-refractivity contribution is 0.329. The van der Waals surface area contributed by atoms with Crippen LogP contribution in [0.1, 0.15) is 47.9 Å². The minimum Gasteiger partial charge on any atom is -0.326 e. The molecule has 106 valence electrons. The second kappa shape index (κ2) is 6.53. The summed E-state index contributed by atoms with van der Waals surface area (Å²) in [7, 11) is 0. The van der Waals surface area contributed by atoms with E-state index >= 15 is 0 Å². The molecular formula is C17H28N2. The first kappa shape index (κ1) is 14.5. The summed E-state index contributed by atoms with van der Waals surface area (Å²) in [6, 6.07) is 5.46. The lowest BCUT2D eigenvalue weighted by Gasteiger charge is -2.29. The molecule has 0 spiro atoms. The lowest BCUT2D eigenvalue weighted by atomic mass is 9.90. The molecule has 0 aliphatic heterocycles. The average Bonchev–Trinajstić information content (AvgIpc) is 2.34. The maximum absolute atomic E-state index is 6.18. The number of nitrogens with two attached hydrogens (primary N) is 1. The van der Waals surface area contributed by atoms with Gasteiger partial charge in [-0.1, -0.05) is 30.5 Å². The first-order valence-electron chi connectivity index (χ1n) is 7.63. The summed E-state index contributed by atoms with van der Waals surface area (Å²) >= 11 is 0. The average molecular weight is 260 g/mol. The minimum atomic E-state index is 0.356. The quantitative estimate of drug-likeness (QED) is 0.873. The van der Waals surface area contributed by atoms with Gasteiger partial charge in [-0.2, -0.15) is 0 Å². The first-order valence-corrected chi connectivity index (χ1v) is 7.63. The van der Waals surface area contributed by atoms with Crippen LogP contribution in [0.4, 0.5) is 0 Å². The summed E-state index contributed by atoms with van der Waals surface area (Å²) in [5.41, 5.74) is 11.9. The summed E-state index contributed by atoms with van der Waals surface area (Å²) in [4.78, 5) is 0. The molecule has 0 saturated heterocycles. The van der Waals surface area contributed by atoms with E-state index in [1.165, 1.54) is 47.9 Å². The van der Waals surface area contributed by atoms with Crippen LogP contribution in [-0.2, 0) is 6.42 Å². The smallest absolute Gasteiger partial charge is 0.0219 e. The van der Waals surface area contributed by atoms with Crippen LogP contribution >= 0.6 is 0 Å². The van der Waals surface area contributed by atoms with Crippen LogP contribution in [0.15, 0.2) is 12.1 Å². The van der Waals surface area contributed by atoms with Crippen LogP contribution in [0.2, 0.25) is 0 Å². The molecule has 0 amide bonds. The number of rotatable bonds is 4. The summed E-state index contributed by atoms with van der Waals surface area (Å²) in [5.74, 6) is 0. The predicted octanol–water partition coefficient (Wildman–Crippen LogP) is 3.01. The van der Waals surface area contributed by atoms with E-state index < -0.39 is 0 Å². The van der Waals surface area contributed by atoms with Gasteiger partial charge in [-0.25, -0.2) is 0 Å². The van der Waals surface area contributed by atoms with Crippen molar-refractivity contribution in [3.63, 3.8) is 0 Å².